The highest BCUT2D eigenvalue weighted by Crippen LogP contribution is 2.25. The van der Waals surface area contributed by atoms with E-state index in [9.17, 15) is 0 Å². The molecule has 330 valence electrons. The normalized spacial score (nSPS) is 11.5. The van der Waals surface area contributed by atoms with Gasteiger partial charge >= 0.3 is 0 Å². The molecule has 1 rings (SSSR count). The Morgan fingerprint density at radius 3 is 0.643 bits per heavy atom. The van der Waals surface area contributed by atoms with Crippen LogP contribution in [0, 0.1) is 0 Å². The zero-order valence-corrected chi connectivity index (χ0v) is 38.9. The number of aryl methyl sites for hydroxylation is 1. The van der Waals surface area contributed by atoms with E-state index >= 15 is 0 Å². The van der Waals surface area contributed by atoms with Crippen LogP contribution in [0.25, 0.3) is 0 Å². The van der Waals surface area contributed by atoms with Crippen molar-refractivity contribution in [2.24, 2.45) is 0 Å². The molecule has 0 unspecified atom stereocenters. The zero-order valence-electron chi connectivity index (χ0n) is 38.9. The lowest BCUT2D eigenvalue weighted by atomic mass is 10.0. The van der Waals surface area contributed by atoms with Gasteiger partial charge in [0.05, 0.1) is 13.2 Å². The third-order valence-corrected chi connectivity index (χ3v) is 12.4. The summed E-state index contributed by atoms with van der Waals surface area (Å²) in [6.45, 7) is 8.49. The van der Waals surface area contributed by atoms with Gasteiger partial charge in [0.2, 0.25) is 0 Å². The van der Waals surface area contributed by atoms with Crippen LogP contribution in [0.2, 0.25) is 0 Å². The Morgan fingerprint density at radius 2 is 0.446 bits per heavy atom. The van der Waals surface area contributed by atoms with Crippen LogP contribution in [0.4, 0.5) is 0 Å². The summed E-state index contributed by atoms with van der Waals surface area (Å²) >= 11 is 0. The van der Waals surface area contributed by atoms with E-state index in [-0.39, 0.29) is 0 Å². The quantitative estimate of drug-likeness (QED) is 0.0613. The van der Waals surface area contributed by atoms with E-state index in [1.165, 1.54) is 262 Å². The number of benzene rings is 1. The largest absolute Gasteiger partial charge is 0.493 e. The third kappa shape index (κ3) is 38.3. The van der Waals surface area contributed by atoms with Crippen molar-refractivity contribution in [2.45, 2.75) is 297 Å². The molecule has 0 N–H and O–H groups in total. The van der Waals surface area contributed by atoms with E-state index in [2.05, 4.69) is 39.0 Å². The monoisotopic (exact) mass is 783 g/mol. The van der Waals surface area contributed by atoms with E-state index in [1.54, 1.807) is 0 Å². The van der Waals surface area contributed by atoms with Crippen LogP contribution >= 0.6 is 0 Å². The lowest BCUT2D eigenvalue weighted by molar-refractivity contribution is 0.289. The average Bonchev–Trinajstić information content (AvgIpc) is 3.21. The van der Waals surface area contributed by atoms with Gasteiger partial charge in [-0.05, 0) is 37.0 Å². The van der Waals surface area contributed by atoms with Gasteiger partial charge in [-0.1, -0.05) is 278 Å². The predicted molar refractivity (Wildman–Crippen MR) is 252 cm³/mol. The van der Waals surface area contributed by atoms with E-state index in [0.29, 0.717) is 0 Å². The van der Waals surface area contributed by atoms with Crippen molar-refractivity contribution in [1.82, 2.24) is 0 Å². The second kappa shape index (κ2) is 44.9. The molecule has 1 aromatic carbocycles. The summed E-state index contributed by atoms with van der Waals surface area (Å²) in [7, 11) is 0. The fourth-order valence-corrected chi connectivity index (χ4v) is 8.45. The van der Waals surface area contributed by atoms with Gasteiger partial charge in [-0.2, -0.15) is 0 Å². The Morgan fingerprint density at radius 1 is 0.250 bits per heavy atom. The highest BCUT2D eigenvalue weighted by molar-refractivity contribution is 5.38. The fourth-order valence-electron chi connectivity index (χ4n) is 8.45. The van der Waals surface area contributed by atoms with Gasteiger partial charge in [0.25, 0.3) is 0 Å². The number of rotatable bonds is 47. The van der Waals surface area contributed by atoms with Crippen molar-refractivity contribution in [1.29, 1.82) is 0 Å². The molecule has 56 heavy (non-hydrogen) atoms. The second-order valence-corrected chi connectivity index (χ2v) is 18.0. The van der Waals surface area contributed by atoms with Gasteiger partial charge in [-0.25, -0.2) is 0 Å². The van der Waals surface area contributed by atoms with Gasteiger partial charge < -0.3 is 9.47 Å². The molecule has 0 radical (unpaired) electrons. The van der Waals surface area contributed by atoms with Crippen LogP contribution in [0.5, 0.6) is 11.5 Å². The summed E-state index contributed by atoms with van der Waals surface area (Å²) in [5, 5.41) is 0. The fraction of sp³-hybridized carbons (Fsp3) is 0.889. The SMILES string of the molecule is CCCCCCCCCCCCCCCCCCCCCCCOc1cc(CC)cc(OCCCCCCCCCCCCCCCCCCCCCCC)c1. The lowest BCUT2D eigenvalue weighted by Crippen LogP contribution is -2.01. The smallest absolute Gasteiger partial charge is 0.123 e. The van der Waals surface area contributed by atoms with Gasteiger partial charge in [0.15, 0.2) is 0 Å². The van der Waals surface area contributed by atoms with E-state index in [1.807, 2.05) is 0 Å². The Hall–Kier alpha value is -1.18. The summed E-state index contributed by atoms with van der Waals surface area (Å²) < 4.78 is 12.4. The lowest BCUT2D eigenvalue weighted by Gasteiger charge is -2.12. The van der Waals surface area contributed by atoms with Crippen molar-refractivity contribution < 1.29 is 9.47 Å². The Kier molecular flexibility index (Phi) is 42.4. The molecule has 0 aliphatic rings. The van der Waals surface area contributed by atoms with Gasteiger partial charge in [0.1, 0.15) is 11.5 Å². The molecule has 0 aliphatic carbocycles. The number of ether oxygens (including phenoxy) is 2. The minimum atomic E-state index is 0.824. The standard InChI is InChI=1S/C54H102O2/c1-4-7-9-11-13-15-17-19-21-23-25-27-29-31-33-35-37-39-41-43-45-47-55-53-49-52(6-3)50-54(51-53)56-48-46-44-42-40-38-36-34-32-30-28-26-24-22-20-18-16-14-12-10-8-5-2/h49-51H,4-48H2,1-3H3. The molecule has 0 fully saturated rings. The van der Waals surface area contributed by atoms with Crippen molar-refractivity contribution in [3.05, 3.63) is 23.8 Å². The van der Waals surface area contributed by atoms with Crippen LogP contribution in [0.3, 0.4) is 0 Å². The molecule has 0 heterocycles. The van der Waals surface area contributed by atoms with Crippen molar-refractivity contribution in [2.75, 3.05) is 13.2 Å². The molecule has 0 atom stereocenters. The van der Waals surface area contributed by atoms with Crippen molar-refractivity contribution in [3.63, 3.8) is 0 Å². The van der Waals surface area contributed by atoms with Crippen LogP contribution < -0.4 is 9.47 Å². The van der Waals surface area contributed by atoms with E-state index < -0.39 is 0 Å². The average molecular weight is 783 g/mol. The molecule has 2 nitrogen and oxygen atoms in total. The number of hydrogen-bond acceptors (Lipinski definition) is 2. The molecular formula is C54H102O2. The molecule has 1 aromatic rings. The molecule has 0 bridgehead atoms. The number of unbranched alkanes of at least 4 members (excludes halogenated alkanes) is 40. The van der Waals surface area contributed by atoms with Crippen LogP contribution in [-0.4, -0.2) is 13.2 Å². The maximum Gasteiger partial charge on any atom is 0.123 e. The van der Waals surface area contributed by atoms with Crippen molar-refractivity contribution in [3.8, 4) is 11.5 Å². The van der Waals surface area contributed by atoms with Gasteiger partial charge in [-0.3, -0.25) is 0 Å². The minimum absolute atomic E-state index is 0.824. The van der Waals surface area contributed by atoms with E-state index in [0.717, 1.165) is 44.0 Å². The van der Waals surface area contributed by atoms with Gasteiger partial charge in [0, 0.05) is 6.07 Å². The summed E-state index contributed by atoms with van der Waals surface area (Å²) in [5.74, 6) is 1.98. The van der Waals surface area contributed by atoms with Crippen molar-refractivity contribution >= 4 is 0 Å². The topological polar surface area (TPSA) is 18.5 Å². The molecular weight excluding hydrogens is 681 g/mol. The molecule has 0 aromatic heterocycles. The molecule has 0 amide bonds. The Labute approximate surface area is 353 Å². The number of hydrogen-bond donors (Lipinski definition) is 0. The summed E-state index contributed by atoms with van der Waals surface area (Å²) in [4.78, 5) is 0. The van der Waals surface area contributed by atoms with Crippen LogP contribution in [-0.2, 0) is 6.42 Å². The molecule has 0 saturated carbocycles. The van der Waals surface area contributed by atoms with E-state index in [4.69, 9.17) is 9.47 Å². The summed E-state index contributed by atoms with van der Waals surface area (Å²) in [6.07, 6.45) is 60.8. The maximum absolute atomic E-state index is 6.20. The highest BCUT2D eigenvalue weighted by Gasteiger charge is 2.04. The second-order valence-electron chi connectivity index (χ2n) is 18.0. The van der Waals surface area contributed by atoms with Crippen LogP contribution in [0.1, 0.15) is 296 Å². The first kappa shape index (κ1) is 52.8. The molecule has 2 heteroatoms. The molecule has 0 spiro atoms. The first-order chi connectivity index (χ1) is 27.8. The predicted octanol–water partition coefficient (Wildman–Crippen LogP) is 19.4. The zero-order chi connectivity index (χ0) is 40.1. The van der Waals surface area contributed by atoms with Gasteiger partial charge in [-0.15, -0.1) is 0 Å². The molecule has 0 saturated heterocycles. The summed E-state index contributed by atoms with van der Waals surface area (Å²) in [5.41, 5.74) is 1.31. The third-order valence-electron chi connectivity index (χ3n) is 12.4. The Bertz CT molecular complexity index is 813. The molecule has 0 aliphatic heterocycles. The minimum Gasteiger partial charge on any atom is -0.493 e. The highest BCUT2D eigenvalue weighted by atomic mass is 16.5. The Balaban J connectivity index is 1.87. The van der Waals surface area contributed by atoms with Crippen LogP contribution in [0.15, 0.2) is 18.2 Å². The first-order valence-electron chi connectivity index (χ1n) is 26.2. The first-order valence-corrected chi connectivity index (χ1v) is 26.2. The maximum atomic E-state index is 6.20. The summed E-state index contributed by atoms with van der Waals surface area (Å²) in [6, 6.07) is 6.54.